The molecule has 2 nitrogen and oxygen atoms in total. The van der Waals surface area contributed by atoms with Crippen molar-refractivity contribution < 1.29 is 9.84 Å². The fraction of sp³-hybridized carbons (Fsp3) is 1.00. The van der Waals surface area contributed by atoms with Gasteiger partial charge in [0.1, 0.15) is 0 Å². The van der Waals surface area contributed by atoms with Crippen LogP contribution in [0.5, 0.6) is 0 Å². The smallest absolute Gasteiger partial charge is 0.0920 e. The normalized spacial score (nSPS) is 56.6. The number of rotatable bonds is 0. The molecule has 0 aromatic heterocycles. The number of fused-ring (bicyclic) bond motifs is 2. The minimum atomic E-state index is -0.475. The number of epoxide rings is 1. The lowest BCUT2D eigenvalue weighted by Gasteiger charge is -2.57. The first-order valence-corrected chi connectivity index (χ1v) is 7.15. The molecule has 98 valence electrons. The van der Waals surface area contributed by atoms with Gasteiger partial charge in [-0.3, -0.25) is 0 Å². The predicted octanol–water partition coefficient (Wildman–Crippen LogP) is 3.13. The number of hydrogen-bond donors (Lipinski definition) is 1. The Kier molecular flexibility index (Phi) is 2.30. The van der Waals surface area contributed by atoms with Crippen LogP contribution in [0.3, 0.4) is 0 Å². The average Bonchev–Trinajstić information content (AvgIpc) is 2.83. The topological polar surface area (TPSA) is 32.8 Å². The summed E-state index contributed by atoms with van der Waals surface area (Å²) in [5, 5.41) is 10.7. The Bertz CT molecular complexity index is 334. The molecule has 0 aromatic rings. The highest BCUT2D eigenvalue weighted by Crippen LogP contribution is 2.60. The molecule has 0 spiro atoms. The van der Waals surface area contributed by atoms with Crippen molar-refractivity contribution in [3.63, 3.8) is 0 Å². The zero-order valence-corrected chi connectivity index (χ0v) is 11.6. The van der Waals surface area contributed by atoms with Gasteiger partial charge in [-0.25, -0.2) is 0 Å². The zero-order chi connectivity index (χ0) is 12.5. The van der Waals surface area contributed by atoms with Crippen LogP contribution in [0.4, 0.5) is 0 Å². The Morgan fingerprint density at radius 3 is 2.35 bits per heavy atom. The minimum Gasteiger partial charge on any atom is -0.390 e. The molecule has 3 aliphatic rings. The lowest BCUT2D eigenvalue weighted by molar-refractivity contribution is -0.144. The van der Waals surface area contributed by atoms with Crippen molar-refractivity contribution in [1.29, 1.82) is 0 Å². The van der Waals surface area contributed by atoms with Crippen LogP contribution in [0, 0.1) is 17.3 Å². The molecule has 17 heavy (non-hydrogen) atoms. The highest BCUT2D eigenvalue weighted by molar-refractivity contribution is 5.08. The molecule has 0 bridgehead atoms. The van der Waals surface area contributed by atoms with Crippen LogP contribution in [0.1, 0.15) is 59.8 Å². The molecular weight excluding hydrogens is 212 g/mol. The second-order valence-electron chi connectivity index (χ2n) is 7.76. The summed E-state index contributed by atoms with van der Waals surface area (Å²) in [4.78, 5) is 0. The van der Waals surface area contributed by atoms with Crippen LogP contribution in [0.2, 0.25) is 0 Å². The van der Waals surface area contributed by atoms with Crippen LogP contribution >= 0.6 is 0 Å². The number of hydrogen-bond acceptors (Lipinski definition) is 2. The molecule has 0 unspecified atom stereocenters. The van der Waals surface area contributed by atoms with Crippen molar-refractivity contribution in [2.24, 2.45) is 17.3 Å². The SMILES string of the molecule is CC1(C)C[C@H]2[C@@H]1CC[C@@]1(C)O[C@H]1CC[C@@]2(C)O. The Morgan fingerprint density at radius 2 is 1.71 bits per heavy atom. The van der Waals surface area contributed by atoms with Crippen molar-refractivity contribution in [3.8, 4) is 0 Å². The fourth-order valence-corrected chi connectivity index (χ4v) is 4.42. The van der Waals surface area contributed by atoms with Gasteiger partial charge in [-0.15, -0.1) is 0 Å². The molecule has 3 rings (SSSR count). The van der Waals surface area contributed by atoms with E-state index in [1.54, 1.807) is 0 Å². The Labute approximate surface area is 105 Å². The highest BCUT2D eigenvalue weighted by Gasteiger charge is 2.59. The third-order valence-electron chi connectivity index (χ3n) is 5.93. The molecule has 1 aliphatic heterocycles. The molecule has 2 saturated carbocycles. The summed E-state index contributed by atoms with van der Waals surface area (Å²) >= 11 is 0. The van der Waals surface area contributed by atoms with Crippen molar-refractivity contribution >= 4 is 0 Å². The van der Waals surface area contributed by atoms with Gasteiger partial charge < -0.3 is 9.84 Å². The molecule has 5 atom stereocenters. The molecule has 1 heterocycles. The molecule has 3 fully saturated rings. The number of ether oxygens (including phenoxy) is 1. The summed E-state index contributed by atoms with van der Waals surface area (Å²) in [7, 11) is 0. The van der Waals surface area contributed by atoms with Gasteiger partial charge in [0, 0.05) is 0 Å². The summed E-state index contributed by atoms with van der Waals surface area (Å²) in [5.74, 6) is 1.19. The van der Waals surface area contributed by atoms with Gasteiger partial charge in [-0.2, -0.15) is 0 Å². The predicted molar refractivity (Wildman–Crippen MR) is 67.7 cm³/mol. The Hall–Kier alpha value is -0.0800. The van der Waals surface area contributed by atoms with Gasteiger partial charge in [0.25, 0.3) is 0 Å². The van der Waals surface area contributed by atoms with E-state index < -0.39 is 5.60 Å². The third-order valence-corrected chi connectivity index (χ3v) is 5.93. The molecule has 2 heteroatoms. The van der Waals surface area contributed by atoms with E-state index in [4.69, 9.17) is 4.74 Å². The van der Waals surface area contributed by atoms with Crippen LogP contribution in [-0.2, 0) is 4.74 Å². The van der Waals surface area contributed by atoms with Crippen molar-refractivity contribution in [3.05, 3.63) is 0 Å². The lowest BCUT2D eigenvalue weighted by Crippen LogP contribution is -2.54. The second-order valence-corrected chi connectivity index (χ2v) is 7.76. The van der Waals surface area contributed by atoms with Gasteiger partial charge in [0.15, 0.2) is 0 Å². The van der Waals surface area contributed by atoms with Gasteiger partial charge in [-0.05, 0) is 63.2 Å². The van der Waals surface area contributed by atoms with Crippen molar-refractivity contribution in [1.82, 2.24) is 0 Å². The van der Waals surface area contributed by atoms with Gasteiger partial charge in [0.2, 0.25) is 0 Å². The quantitative estimate of drug-likeness (QED) is 0.658. The van der Waals surface area contributed by atoms with E-state index >= 15 is 0 Å². The van der Waals surface area contributed by atoms with E-state index in [0.717, 1.165) is 12.8 Å². The minimum absolute atomic E-state index is 0.136. The molecule has 0 aromatic carbocycles. The van der Waals surface area contributed by atoms with E-state index in [9.17, 15) is 5.11 Å². The van der Waals surface area contributed by atoms with E-state index in [-0.39, 0.29) is 5.60 Å². The largest absolute Gasteiger partial charge is 0.390 e. The molecule has 1 saturated heterocycles. The fourth-order valence-electron chi connectivity index (χ4n) is 4.42. The van der Waals surface area contributed by atoms with Crippen LogP contribution < -0.4 is 0 Å². The van der Waals surface area contributed by atoms with Crippen LogP contribution in [0.15, 0.2) is 0 Å². The summed E-state index contributed by atoms with van der Waals surface area (Å²) < 4.78 is 5.84. The van der Waals surface area contributed by atoms with E-state index in [2.05, 4.69) is 20.8 Å². The molecule has 2 aliphatic carbocycles. The molecular formula is C15H26O2. The first-order chi connectivity index (χ1) is 7.75. The van der Waals surface area contributed by atoms with Crippen LogP contribution in [-0.4, -0.2) is 22.4 Å². The van der Waals surface area contributed by atoms with Crippen molar-refractivity contribution in [2.45, 2.75) is 77.1 Å². The molecule has 0 amide bonds. The van der Waals surface area contributed by atoms with Gasteiger partial charge in [0.05, 0.1) is 17.3 Å². The molecule has 1 N–H and O–H groups in total. The standard InChI is InChI=1S/C15H26O2/c1-13(2)9-11-10(13)5-8-15(4)12(17-15)6-7-14(11,3)16/h10-12,16H,5-9H2,1-4H3/t10-,11-,12-,14+,15+/m0/s1. The number of aliphatic hydroxyl groups is 1. The summed E-state index contributed by atoms with van der Waals surface area (Å²) in [6, 6.07) is 0. The Balaban J connectivity index is 1.81. The summed E-state index contributed by atoms with van der Waals surface area (Å²) in [6.07, 6.45) is 5.94. The highest BCUT2D eigenvalue weighted by atomic mass is 16.6. The lowest BCUT2D eigenvalue weighted by atomic mass is 9.50. The summed E-state index contributed by atoms with van der Waals surface area (Å²) in [6.45, 7) is 9.01. The average molecular weight is 238 g/mol. The summed E-state index contributed by atoms with van der Waals surface area (Å²) in [5.41, 5.74) is 0.0772. The van der Waals surface area contributed by atoms with Gasteiger partial charge >= 0.3 is 0 Å². The monoisotopic (exact) mass is 238 g/mol. The molecule has 0 radical (unpaired) electrons. The first-order valence-electron chi connectivity index (χ1n) is 7.15. The Morgan fingerprint density at radius 1 is 1.00 bits per heavy atom. The van der Waals surface area contributed by atoms with Gasteiger partial charge in [-0.1, -0.05) is 13.8 Å². The van der Waals surface area contributed by atoms with Crippen molar-refractivity contribution in [2.75, 3.05) is 0 Å². The van der Waals surface area contributed by atoms with E-state index in [1.165, 1.54) is 19.3 Å². The first kappa shape index (κ1) is 12.0. The second kappa shape index (κ2) is 3.27. The zero-order valence-electron chi connectivity index (χ0n) is 11.6. The maximum absolute atomic E-state index is 10.7. The van der Waals surface area contributed by atoms with E-state index in [0.29, 0.717) is 23.4 Å². The maximum atomic E-state index is 10.7. The van der Waals surface area contributed by atoms with Crippen LogP contribution in [0.25, 0.3) is 0 Å². The third kappa shape index (κ3) is 1.76. The maximum Gasteiger partial charge on any atom is 0.0920 e. The van der Waals surface area contributed by atoms with E-state index in [1.807, 2.05) is 6.92 Å².